The van der Waals surface area contributed by atoms with Crippen molar-refractivity contribution in [1.82, 2.24) is 25.5 Å². The molecule has 2 aromatic rings. The van der Waals surface area contributed by atoms with Gasteiger partial charge in [-0.3, -0.25) is 10.2 Å². The van der Waals surface area contributed by atoms with Gasteiger partial charge in [-0.05, 0) is 31.9 Å². The summed E-state index contributed by atoms with van der Waals surface area (Å²) in [6, 6.07) is 4.83. The molecule has 33 heavy (non-hydrogen) atoms. The van der Waals surface area contributed by atoms with E-state index in [1.807, 2.05) is 13.8 Å². The highest BCUT2D eigenvalue weighted by Crippen LogP contribution is 2.27. The first kappa shape index (κ1) is 23.7. The molecule has 10 nitrogen and oxygen atoms in total. The van der Waals surface area contributed by atoms with Crippen molar-refractivity contribution in [3.63, 3.8) is 0 Å². The van der Waals surface area contributed by atoms with Gasteiger partial charge in [0.15, 0.2) is 0 Å². The van der Waals surface area contributed by atoms with Crippen LogP contribution in [0.1, 0.15) is 47.5 Å². The number of hydrogen-bond donors (Lipinski definition) is 3. The lowest BCUT2D eigenvalue weighted by Gasteiger charge is -2.30. The molecular weight excluding hydrogens is 424 g/mol. The Morgan fingerprint density at radius 3 is 2.58 bits per heavy atom. The standard InChI is InChI=1S/C23H28N6O4/c1-4-15(2)32-17-10-16(22(30)28-20(24)6-7-25-3)11-18(12-17)33-21-14-26-19(13-27-21)23(31)29-8-5-9-29/h6-7,10-15,25H,4-5,8-9H2,1-3H3,(H2,24,28,30)/p+1/b7-6-/t15-/m0/s1. The molecule has 1 aromatic carbocycles. The first-order valence-electron chi connectivity index (χ1n) is 10.8. The third kappa shape index (κ3) is 6.52. The number of nitrogens with one attached hydrogen (secondary N) is 2. The fourth-order valence-electron chi connectivity index (χ4n) is 2.84. The molecule has 0 bridgehead atoms. The van der Waals surface area contributed by atoms with Gasteiger partial charge in [0.25, 0.3) is 11.7 Å². The minimum Gasteiger partial charge on any atom is -0.491 e. The Balaban J connectivity index is 1.79. The van der Waals surface area contributed by atoms with Crippen molar-refractivity contribution in [2.45, 2.75) is 32.8 Å². The minimum absolute atomic E-state index is 0.0575. The van der Waals surface area contributed by atoms with Crippen LogP contribution >= 0.6 is 0 Å². The normalized spacial score (nSPS) is 13.7. The molecule has 4 N–H and O–H groups in total. The molecule has 2 amide bonds. The average molecular weight is 454 g/mol. The maximum absolute atomic E-state index is 12.7. The Hall–Kier alpha value is -3.95. The Bertz CT molecular complexity index is 1030. The number of rotatable bonds is 9. The van der Waals surface area contributed by atoms with Crippen LogP contribution in [0.25, 0.3) is 0 Å². The van der Waals surface area contributed by atoms with Crippen LogP contribution in [0.2, 0.25) is 0 Å². The third-order valence-corrected chi connectivity index (χ3v) is 4.95. The van der Waals surface area contributed by atoms with Gasteiger partial charge >= 0.3 is 5.91 Å². The topological polar surface area (TPSA) is 131 Å². The van der Waals surface area contributed by atoms with E-state index >= 15 is 0 Å². The van der Waals surface area contributed by atoms with Gasteiger partial charge in [0.05, 0.1) is 24.1 Å². The maximum atomic E-state index is 12.7. The van der Waals surface area contributed by atoms with Crippen molar-refractivity contribution in [1.29, 1.82) is 0 Å². The number of benzene rings is 1. The van der Waals surface area contributed by atoms with Crippen molar-refractivity contribution in [2.75, 3.05) is 20.1 Å². The number of amides is 2. The van der Waals surface area contributed by atoms with Crippen LogP contribution in [-0.2, 0) is 0 Å². The van der Waals surface area contributed by atoms with Crippen molar-refractivity contribution in [3.05, 3.63) is 54.1 Å². The maximum Gasteiger partial charge on any atom is 0.339 e. The monoisotopic (exact) mass is 453 g/mol. The van der Waals surface area contributed by atoms with Crippen LogP contribution in [0, 0.1) is 0 Å². The molecule has 0 spiro atoms. The number of carbonyl (C=O) groups excluding carboxylic acids is 2. The number of likely N-dealkylation sites (tertiary alicyclic amines) is 1. The summed E-state index contributed by atoms with van der Waals surface area (Å²) in [7, 11) is 1.72. The average Bonchev–Trinajstić information content (AvgIpc) is 2.76. The van der Waals surface area contributed by atoms with Crippen LogP contribution in [0.3, 0.4) is 0 Å². The summed E-state index contributed by atoms with van der Waals surface area (Å²) in [5.41, 5.74) is 0.556. The molecule has 3 rings (SSSR count). The van der Waals surface area contributed by atoms with E-state index in [4.69, 9.17) is 14.9 Å². The van der Waals surface area contributed by atoms with Gasteiger partial charge in [0.1, 0.15) is 17.2 Å². The highest BCUT2D eigenvalue weighted by molar-refractivity contribution is 6.08. The second-order valence-corrected chi connectivity index (χ2v) is 7.55. The molecule has 1 fully saturated rings. The molecule has 0 unspecified atom stereocenters. The van der Waals surface area contributed by atoms with Crippen molar-refractivity contribution in [2.24, 2.45) is 0 Å². The van der Waals surface area contributed by atoms with Crippen LogP contribution in [0.4, 0.5) is 0 Å². The predicted octanol–water partition coefficient (Wildman–Crippen LogP) is 0.913. The molecule has 1 aliphatic rings. The Morgan fingerprint density at radius 2 is 1.97 bits per heavy atom. The van der Waals surface area contributed by atoms with E-state index < -0.39 is 5.91 Å². The molecular formula is C23H29N6O4+. The van der Waals surface area contributed by atoms with E-state index in [2.05, 4.69) is 20.6 Å². The third-order valence-electron chi connectivity index (χ3n) is 4.95. The molecule has 1 atom stereocenters. The second-order valence-electron chi connectivity index (χ2n) is 7.55. The zero-order valence-electron chi connectivity index (χ0n) is 19.0. The number of amidine groups is 1. The molecule has 10 heteroatoms. The van der Waals surface area contributed by atoms with E-state index in [0.29, 0.717) is 17.1 Å². The largest absolute Gasteiger partial charge is 0.491 e. The minimum atomic E-state index is -0.422. The fraction of sp³-hybridized carbons (Fsp3) is 0.348. The van der Waals surface area contributed by atoms with E-state index in [0.717, 1.165) is 25.9 Å². The molecule has 0 radical (unpaired) electrons. The Labute approximate surface area is 192 Å². The summed E-state index contributed by atoms with van der Waals surface area (Å²) >= 11 is 0. The molecule has 2 heterocycles. The van der Waals surface area contributed by atoms with E-state index in [9.17, 15) is 9.59 Å². The summed E-state index contributed by atoms with van der Waals surface area (Å²) in [5.74, 6) is 0.595. The van der Waals surface area contributed by atoms with Gasteiger partial charge in [0.2, 0.25) is 5.88 Å². The first-order valence-corrected chi connectivity index (χ1v) is 10.8. The van der Waals surface area contributed by atoms with Crippen LogP contribution in [0.15, 0.2) is 42.9 Å². The summed E-state index contributed by atoms with van der Waals surface area (Å²) in [6.45, 7) is 5.40. The van der Waals surface area contributed by atoms with Crippen molar-refractivity contribution < 1.29 is 24.5 Å². The zero-order valence-corrected chi connectivity index (χ0v) is 19.0. The summed E-state index contributed by atoms with van der Waals surface area (Å²) in [4.78, 5) is 35.0. The summed E-state index contributed by atoms with van der Waals surface area (Å²) in [6.07, 6.45) is 7.63. The fourth-order valence-corrected chi connectivity index (χ4v) is 2.84. The highest BCUT2D eigenvalue weighted by Gasteiger charge is 2.23. The molecule has 0 saturated carbocycles. The van der Waals surface area contributed by atoms with Gasteiger partial charge in [-0.2, -0.15) is 0 Å². The second kappa shape index (κ2) is 11.1. The zero-order chi connectivity index (χ0) is 23.8. The number of aromatic nitrogens is 2. The number of carbonyl (C=O) groups is 2. The Kier molecular flexibility index (Phi) is 7.96. The van der Waals surface area contributed by atoms with Gasteiger partial charge in [-0.25, -0.2) is 20.1 Å². The highest BCUT2D eigenvalue weighted by atomic mass is 16.5. The lowest BCUT2D eigenvalue weighted by Crippen LogP contribution is -2.49. The van der Waals surface area contributed by atoms with Crippen molar-refractivity contribution >= 4 is 17.6 Å². The van der Waals surface area contributed by atoms with Crippen LogP contribution in [0.5, 0.6) is 17.4 Å². The number of hydrogen-bond acceptors (Lipinski definition) is 7. The van der Waals surface area contributed by atoms with Crippen LogP contribution < -0.4 is 25.5 Å². The quantitative estimate of drug-likeness (QED) is 0.380. The van der Waals surface area contributed by atoms with E-state index in [-0.39, 0.29) is 29.4 Å². The Morgan fingerprint density at radius 1 is 1.21 bits per heavy atom. The predicted molar refractivity (Wildman–Crippen MR) is 122 cm³/mol. The van der Waals surface area contributed by atoms with Crippen molar-refractivity contribution in [3.8, 4) is 17.4 Å². The number of ether oxygens (including phenoxy) is 2. The van der Waals surface area contributed by atoms with E-state index in [1.54, 1.807) is 36.3 Å². The van der Waals surface area contributed by atoms with Gasteiger partial charge in [-0.15, -0.1) is 0 Å². The lowest BCUT2D eigenvalue weighted by atomic mass is 10.1. The number of nitrogens with two attached hydrogens (primary N) is 1. The molecule has 1 aromatic heterocycles. The van der Waals surface area contributed by atoms with Gasteiger partial charge in [0, 0.05) is 38.5 Å². The smallest absolute Gasteiger partial charge is 0.339 e. The summed E-state index contributed by atoms with van der Waals surface area (Å²) < 4.78 is 11.7. The SMILES string of the molecule is CC[C@H](C)Oc1cc(Oc2cnc(C(=O)N3CCC3)cn2)cc(C(=O)NC(=[NH2+])/C=C\NC)c1. The first-order chi connectivity index (χ1) is 15.9. The van der Waals surface area contributed by atoms with Crippen LogP contribution in [-0.4, -0.2) is 58.8 Å². The molecule has 174 valence electrons. The number of nitrogens with zero attached hydrogens (tertiary/aromatic N) is 3. The molecule has 0 aliphatic carbocycles. The van der Waals surface area contributed by atoms with Gasteiger partial charge in [-0.1, -0.05) is 6.92 Å². The lowest BCUT2D eigenvalue weighted by molar-refractivity contribution is -0.115. The summed E-state index contributed by atoms with van der Waals surface area (Å²) in [5, 5.41) is 11.2. The van der Waals surface area contributed by atoms with Gasteiger partial charge < -0.3 is 19.7 Å². The van der Waals surface area contributed by atoms with E-state index in [1.165, 1.54) is 18.5 Å². The molecule has 1 saturated heterocycles. The molecule has 1 aliphatic heterocycles.